The van der Waals surface area contributed by atoms with Crippen molar-refractivity contribution in [1.29, 1.82) is 0 Å². The minimum Gasteiger partial charge on any atom is -0.494 e. The summed E-state index contributed by atoms with van der Waals surface area (Å²) in [5.41, 5.74) is 0.967. The first-order chi connectivity index (χ1) is 9.72. The Hall–Kier alpha value is -2.29. The van der Waals surface area contributed by atoms with Crippen LogP contribution in [0.25, 0.3) is 16.8 Å². The third-order valence-electron chi connectivity index (χ3n) is 2.85. The van der Waals surface area contributed by atoms with Gasteiger partial charge in [-0.05, 0) is 54.5 Å². The van der Waals surface area contributed by atoms with E-state index in [2.05, 4.69) is 0 Å². The fourth-order valence-electron chi connectivity index (χ4n) is 1.96. The average molecular weight is 270 g/mol. The normalized spacial score (nSPS) is 10.9. The minimum atomic E-state index is -0.320. The molecule has 3 heteroatoms. The summed E-state index contributed by atoms with van der Waals surface area (Å²) in [4.78, 5) is 11.3. The summed E-state index contributed by atoms with van der Waals surface area (Å²) in [5.74, 6) is 0.550. The maximum atomic E-state index is 11.3. The number of esters is 1. The summed E-state index contributed by atoms with van der Waals surface area (Å²) in [6.07, 6.45) is 3.20. The van der Waals surface area contributed by atoms with Crippen LogP contribution in [0.3, 0.4) is 0 Å². The van der Waals surface area contributed by atoms with Gasteiger partial charge in [-0.2, -0.15) is 0 Å². The molecule has 0 aromatic heterocycles. The van der Waals surface area contributed by atoms with E-state index in [0.29, 0.717) is 13.2 Å². The van der Waals surface area contributed by atoms with E-state index in [-0.39, 0.29) is 5.97 Å². The van der Waals surface area contributed by atoms with Gasteiger partial charge in [0.2, 0.25) is 0 Å². The van der Waals surface area contributed by atoms with Crippen molar-refractivity contribution in [2.75, 3.05) is 13.2 Å². The van der Waals surface area contributed by atoms with Crippen LogP contribution < -0.4 is 4.74 Å². The summed E-state index contributed by atoms with van der Waals surface area (Å²) in [7, 11) is 0. The van der Waals surface area contributed by atoms with E-state index in [0.717, 1.165) is 22.1 Å². The Balaban J connectivity index is 2.21. The van der Waals surface area contributed by atoms with E-state index >= 15 is 0 Å². The fourth-order valence-corrected chi connectivity index (χ4v) is 1.96. The van der Waals surface area contributed by atoms with Gasteiger partial charge in [-0.25, -0.2) is 4.79 Å². The topological polar surface area (TPSA) is 35.5 Å². The highest BCUT2D eigenvalue weighted by molar-refractivity contribution is 5.90. The summed E-state index contributed by atoms with van der Waals surface area (Å²) in [5, 5.41) is 2.23. The van der Waals surface area contributed by atoms with Crippen LogP contribution in [0.15, 0.2) is 42.5 Å². The van der Waals surface area contributed by atoms with Gasteiger partial charge in [0.25, 0.3) is 0 Å². The molecule has 0 bridgehead atoms. The van der Waals surface area contributed by atoms with Gasteiger partial charge in [0, 0.05) is 6.08 Å². The van der Waals surface area contributed by atoms with Crippen LogP contribution >= 0.6 is 0 Å². The van der Waals surface area contributed by atoms with Crippen LogP contribution in [0.1, 0.15) is 19.4 Å². The predicted molar refractivity (Wildman–Crippen MR) is 80.8 cm³/mol. The number of hydrogen-bond acceptors (Lipinski definition) is 3. The average Bonchev–Trinajstić information content (AvgIpc) is 2.46. The van der Waals surface area contributed by atoms with Gasteiger partial charge in [0.1, 0.15) is 5.75 Å². The van der Waals surface area contributed by atoms with E-state index in [1.54, 1.807) is 13.0 Å². The van der Waals surface area contributed by atoms with E-state index in [4.69, 9.17) is 9.47 Å². The Labute approximate surface area is 118 Å². The zero-order valence-electron chi connectivity index (χ0n) is 11.8. The SMILES string of the molecule is CCOC(=O)/C=C/c1ccc2cc(OCC)ccc2c1. The van der Waals surface area contributed by atoms with E-state index in [1.165, 1.54) is 6.08 Å². The Morgan fingerprint density at radius 1 is 1.05 bits per heavy atom. The van der Waals surface area contributed by atoms with E-state index in [9.17, 15) is 4.79 Å². The third-order valence-corrected chi connectivity index (χ3v) is 2.85. The number of rotatable bonds is 5. The van der Waals surface area contributed by atoms with Crippen LogP contribution in [-0.4, -0.2) is 19.2 Å². The van der Waals surface area contributed by atoms with Crippen LogP contribution in [0.4, 0.5) is 0 Å². The van der Waals surface area contributed by atoms with Gasteiger partial charge in [-0.15, -0.1) is 0 Å². The molecule has 0 amide bonds. The molecule has 0 atom stereocenters. The highest BCUT2D eigenvalue weighted by Crippen LogP contribution is 2.22. The molecule has 0 heterocycles. The van der Waals surface area contributed by atoms with Crippen molar-refractivity contribution in [1.82, 2.24) is 0 Å². The third kappa shape index (κ3) is 3.60. The van der Waals surface area contributed by atoms with Gasteiger partial charge in [0.15, 0.2) is 0 Å². The molecule has 20 heavy (non-hydrogen) atoms. The van der Waals surface area contributed by atoms with Crippen molar-refractivity contribution in [2.45, 2.75) is 13.8 Å². The molecule has 0 radical (unpaired) electrons. The van der Waals surface area contributed by atoms with Crippen molar-refractivity contribution in [3.05, 3.63) is 48.0 Å². The quantitative estimate of drug-likeness (QED) is 0.612. The number of carbonyl (C=O) groups excluding carboxylic acids is 1. The second-order valence-electron chi connectivity index (χ2n) is 4.29. The molecule has 0 N–H and O–H groups in total. The summed E-state index contributed by atoms with van der Waals surface area (Å²) in [6, 6.07) is 12.0. The molecule has 0 saturated carbocycles. The summed E-state index contributed by atoms with van der Waals surface area (Å²) >= 11 is 0. The molecule has 0 aliphatic heterocycles. The Bertz CT molecular complexity index is 629. The minimum absolute atomic E-state index is 0.320. The Kier molecular flexibility index (Phi) is 4.77. The maximum Gasteiger partial charge on any atom is 0.330 e. The second-order valence-corrected chi connectivity index (χ2v) is 4.29. The summed E-state index contributed by atoms with van der Waals surface area (Å²) < 4.78 is 10.3. The molecule has 104 valence electrons. The second kappa shape index (κ2) is 6.75. The summed E-state index contributed by atoms with van der Waals surface area (Å²) in [6.45, 7) is 4.80. The molecule has 2 rings (SSSR count). The molecule has 0 spiro atoms. The lowest BCUT2D eigenvalue weighted by molar-refractivity contribution is -0.137. The van der Waals surface area contributed by atoms with Crippen molar-refractivity contribution in [2.24, 2.45) is 0 Å². The molecular weight excluding hydrogens is 252 g/mol. The molecule has 0 aliphatic rings. The molecular formula is C17H18O3. The Morgan fingerprint density at radius 2 is 1.80 bits per heavy atom. The number of benzene rings is 2. The number of fused-ring (bicyclic) bond motifs is 1. The highest BCUT2D eigenvalue weighted by atomic mass is 16.5. The van der Waals surface area contributed by atoms with Crippen LogP contribution in [0, 0.1) is 0 Å². The van der Waals surface area contributed by atoms with Crippen LogP contribution in [-0.2, 0) is 9.53 Å². The van der Waals surface area contributed by atoms with Crippen molar-refractivity contribution < 1.29 is 14.3 Å². The van der Waals surface area contributed by atoms with Crippen molar-refractivity contribution >= 4 is 22.8 Å². The fraction of sp³-hybridized carbons (Fsp3) is 0.235. The molecule has 0 aliphatic carbocycles. The van der Waals surface area contributed by atoms with Gasteiger partial charge < -0.3 is 9.47 Å². The van der Waals surface area contributed by atoms with Gasteiger partial charge in [0.05, 0.1) is 13.2 Å². The molecule has 2 aromatic rings. The van der Waals surface area contributed by atoms with Crippen molar-refractivity contribution in [3.8, 4) is 5.75 Å². The lowest BCUT2D eigenvalue weighted by Crippen LogP contribution is -1.98. The van der Waals surface area contributed by atoms with Crippen molar-refractivity contribution in [3.63, 3.8) is 0 Å². The standard InChI is InChI=1S/C17H18O3/c1-3-19-16-9-8-14-11-13(5-7-15(14)12-16)6-10-17(18)20-4-2/h5-12H,3-4H2,1-2H3/b10-6+. The van der Waals surface area contributed by atoms with E-state index in [1.807, 2.05) is 43.3 Å². The van der Waals surface area contributed by atoms with Gasteiger partial charge in [-0.1, -0.05) is 18.2 Å². The molecule has 0 saturated heterocycles. The largest absolute Gasteiger partial charge is 0.494 e. The molecule has 2 aromatic carbocycles. The molecule has 3 nitrogen and oxygen atoms in total. The zero-order chi connectivity index (χ0) is 14.4. The number of ether oxygens (including phenoxy) is 2. The smallest absolute Gasteiger partial charge is 0.330 e. The van der Waals surface area contributed by atoms with Crippen LogP contribution in [0.5, 0.6) is 5.75 Å². The van der Waals surface area contributed by atoms with Gasteiger partial charge in [-0.3, -0.25) is 0 Å². The Morgan fingerprint density at radius 3 is 2.55 bits per heavy atom. The monoisotopic (exact) mass is 270 g/mol. The van der Waals surface area contributed by atoms with Gasteiger partial charge >= 0.3 is 5.97 Å². The first-order valence-electron chi connectivity index (χ1n) is 6.74. The lowest BCUT2D eigenvalue weighted by atomic mass is 10.1. The number of carbonyl (C=O) groups is 1. The lowest BCUT2D eigenvalue weighted by Gasteiger charge is -2.05. The predicted octanol–water partition coefficient (Wildman–Crippen LogP) is 3.81. The first-order valence-corrected chi connectivity index (χ1v) is 6.74. The highest BCUT2D eigenvalue weighted by Gasteiger charge is 1.99. The van der Waals surface area contributed by atoms with Crippen LogP contribution in [0.2, 0.25) is 0 Å². The maximum absolute atomic E-state index is 11.3. The van der Waals surface area contributed by atoms with E-state index < -0.39 is 0 Å². The molecule has 0 unspecified atom stereocenters. The number of hydrogen-bond donors (Lipinski definition) is 0. The first kappa shape index (κ1) is 14.1. The molecule has 0 fully saturated rings. The zero-order valence-corrected chi connectivity index (χ0v) is 11.8.